The molecule has 0 aromatic rings. The largest absolute Gasteiger partial charge is 0.679 e. The SMILES string of the molecule is CCO[Si](OCC)(OCC)OCCOCCNCCO. The Labute approximate surface area is 123 Å². The molecule has 0 rings (SSSR count). The molecule has 0 amide bonds. The Balaban J connectivity index is 3.82. The molecule has 0 aliphatic carbocycles. The lowest BCUT2D eigenvalue weighted by atomic mass is 10.6. The standard InChI is InChI=1S/C12H29NO6Si/c1-4-16-20(17-5-2,18-6-3)19-12-11-15-10-8-13-7-9-14/h13-14H,4-12H2,1-3H3. The summed E-state index contributed by atoms with van der Waals surface area (Å²) in [5.74, 6) is 0. The Morgan fingerprint density at radius 3 is 1.90 bits per heavy atom. The zero-order chi connectivity index (χ0) is 15.1. The summed E-state index contributed by atoms with van der Waals surface area (Å²) in [6.07, 6.45) is 0. The first-order valence-corrected chi connectivity index (χ1v) is 8.83. The van der Waals surface area contributed by atoms with Crippen molar-refractivity contribution in [3.8, 4) is 0 Å². The minimum absolute atomic E-state index is 0.133. The summed E-state index contributed by atoms with van der Waals surface area (Å²) in [6, 6.07) is 0. The van der Waals surface area contributed by atoms with Gasteiger partial charge in [0.05, 0.1) is 26.4 Å². The first-order valence-electron chi connectivity index (χ1n) is 7.19. The number of hydrogen-bond donors (Lipinski definition) is 2. The van der Waals surface area contributed by atoms with Crippen LogP contribution in [0.15, 0.2) is 0 Å². The minimum Gasteiger partial charge on any atom is -0.395 e. The average Bonchev–Trinajstić information content (AvgIpc) is 2.43. The van der Waals surface area contributed by atoms with Crippen molar-refractivity contribution in [2.75, 3.05) is 59.3 Å². The lowest BCUT2D eigenvalue weighted by Crippen LogP contribution is -2.50. The second-order valence-corrected chi connectivity index (χ2v) is 5.89. The van der Waals surface area contributed by atoms with Crippen LogP contribution < -0.4 is 5.32 Å². The molecular weight excluding hydrogens is 282 g/mol. The summed E-state index contributed by atoms with van der Waals surface area (Å²) < 4.78 is 27.7. The van der Waals surface area contributed by atoms with Gasteiger partial charge < -0.3 is 32.9 Å². The van der Waals surface area contributed by atoms with Crippen LogP contribution in [-0.4, -0.2) is 73.5 Å². The van der Waals surface area contributed by atoms with Crippen LogP contribution >= 0.6 is 0 Å². The number of nitrogens with one attached hydrogen (secondary N) is 1. The summed E-state index contributed by atoms with van der Waals surface area (Å²) in [5.41, 5.74) is 0. The van der Waals surface area contributed by atoms with Crippen LogP contribution in [-0.2, 0) is 22.4 Å². The lowest BCUT2D eigenvalue weighted by molar-refractivity contribution is -0.0390. The lowest BCUT2D eigenvalue weighted by Gasteiger charge is -2.26. The quantitative estimate of drug-likeness (QED) is 0.329. The molecule has 0 saturated heterocycles. The molecule has 7 nitrogen and oxygen atoms in total. The molecule has 0 radical (unpaired) electrons. The fourth-order valence-electron chi connectivity index (χ4n) is 1.46. The number of aliphatic hydroxyl groups is 1. The second-order valence-electron chi connectivity index (χ2n) is 3.73. The first-order chi connectivity index (χ1) is 9.74. The smallest absolute Gasteiger partial charge is 0.395 e. The van der Waals surface area contributed by atoms with Crippen molar-refractivity contribution in [1.29, 1.82) is 0 Å². The van der Waals surface area contributed by atoms with Gasteiger partial charge in [-0.15, -0.1) is 0 Å². The van der Waals surface area contributed by atoms with Crippen LogP contribution in [0.2, 0.25) is 0 Å². The Kier molecular flexibility index (Phi) is 13.9. The molecule has 0 saturated carbocycles. The molecule has 122 valence electrons. The van der Waals surface area contributed by atoms with E-state index in [0.717, 1.165) is 0 Å². The van der Waals surface area contributed by atoms with Crippen LogP contribution in [0.4, 0.5) is 0 Å². The second kappa shape index (κ2) is 13.9. The van der Waals surface area contributed by atoms with Gasteiger partial charge in [-0.2, -0.15) is 0 Å². The normalized spacial score (nSPS) is 12.0. The van der Waals surface area contributed by atoms with Gasteiger partial charge in [0.25, 0.3) is 0 Å². The van der Waals surface area contributed by atoms with Crippen LogP contribution in [0.3, 0.4) is 0 Å². The Morgan fingerprint density at radius 1 is 0.800 bits per heavy atom. The van der Waals surface area contributed by atoms with Gasteiger partial charge in [0, 0.05) is 32.9 Å². The average molecular weight is 311 g/mol. The highest BCUT2D eigenvalue weighted by molar-refractivity contribution is 6.53. The van der Waals surface area contributed by atoms with E-state index in [1.165, 1.54) is 0 Å². The molecule has 0 heterocycles. The number of hydrogen-bond acceptors (Lipinski definition) is 7. The highest BCUT2D eigenvalue weighted by atomic mass is 28.4. The van der Waals surface area contributed by atoms with Crippen LogP contribution in [0.25, 0.3) is 0 Å². The maximum absolute atomic E-state index is 8.59. The summed E-state index contributed by atoms with van der Waals surface area (Å²) in [7, 11) is -3.01. The summed E-state index contributed by atoms with van der Waals surface area (Å²) in [5, 5.41) is 11.6. The maximum Gasteiger partial charge on any atom is 0.679 e. The van der Waals surface area contributed by atoms with Crippen molar-refractivity contribution in [1.82, 2.24) is 5.32 Å². The molecule has 20 heavy (non-hydrogen) atoms. The molecular formula is C12H29NO6Si. The number of aliphatic hydroxyl groups excluding tert-OH is 1. The minimum atomic E-state index is -3.01. The van der Waals surface area contributed by atoms with Crippen LogP contribution in [0.1, 0.15) is 20.8 Å². The van der Waals surface area contributed by atoms with Crippen LogP contribution in [0, 0.1) is 0 Å². The maximum atomic E-state index is 8.59. The predicted octanol–water partition coefficient (Wildman–Crippen LogP) is 0.147. The molecule has 0 aliphatic heterocycles. The van der Waals surface area contributed by atoms with E-state index in [4.69, 9.17) is 27.5 Å². The van der Waals surface area contributed by atoms with Crippen molar-refractivity contribution in [3.05, 3.63) is 0 Å². The molecule has 0 bridgehead atoms. The molecule has 8 heteroatoms. The van der Waals surface area contributed by atoms with Crippen molar-refractivity contribution >= 4 is 9.05 Å². The molecule has 2 N–H and O–H groups in total. The van der Waals surface area contributed by atoms with E-state index in [-0.39, 0.29) is 6.61 Å². The molecule has 0 spiro atoms. The van der Waals surface area contributed by atoms with Gasteiger partial charge in [-0.05, 0) is 20.8 Å². The molecule has 0 atom stereocenters. The van der Waals surface area contributed by atoms with E-state index in [1.54, 1.807) is 0 Å². The molecule has 0 aromatic heterocycles. The molecule has 0 fully saturated rings. The molecule has 0 aliphatic rings. The van der Waals surface area contributed by atoms with Gasteiger partial charge in [-0.3, -0.25) is 0 Å². The molecule has 0 unspecified atom stereocenters. The van der Waals surface area contributed by atoms with Gasteiger partial charge in [0.2, 0.25) is 0 Å². The fourth-order valence-corrected chi connectivity index (χ4v) is 3.35. The van der Waals surface area contributed by atoms with Gasteiger partial charge in [-0.1, -0.05) is 0 Å². The van der Waals surface area contributed by atoms with E-state index < -0.39 is 9.05 Å². The van der Waals surface area contributed by atoms with Crippen molar-refractivity contribution in [2.24, 2.45) is 0 Å². The van der Waals surface area contributed by atoms with Crippen molar-refractivity contribution < 1.29 is 27.5 Å². The van der Waals surface area contributed by atoms with Crippen molar-refractivity contribution in [3.63, 3.8) is 0 Å². The summed E-state index contributed by atoms with van der Waals surface area (Å²) in [4.78, 5) is 0. The third-order valence-corrected chi connectivity index (χ3v) is 4.67. The van der Waals surface area contributed by atoms with Gasteiger partial charge >= 0.3 is 9.05 Å². The Morgan fingerprint density at radius 2 is 1.40 bits per heavy atom. The zero-order valence-electron chi connectivity index (χ0n) is 12.9. The van der Waals surface area contributed by atoms with Gasteiger partial charge in [0.1, 0.15) is 0 Å². The number of ether oxygens (including phenoxy) is 1. The summed E-state index contributed by atoms with van der Waals surface area (Å²) in [6.45, 7) is 9.89. The van der Waals surface area contributed by atoms with Crippen molar-refractivity contribution in [2.45, 2.75) is 20.8 Å². The van der Waals surface area contributed by atoms with E-state index in [0.29, 0.717) is 52.7 Å². The van der Waals surface area contributed by atoms with E-state index in [9.17, 15) is 0 Å². The highest BCUT2D eigenvalue weighted by Crippen LogP contribution is 2.11. The Bertz CT molecular complexity index is 193. The van der Waals surface area contributed by atoms with Gasteiger partial charge in [-0.25, -0.2) is 0 Å². The number of rotatable bonds is 15. The predicted molar refractivity (Wildman–Crippen MR) is 77.4 cm³/mol. The van der Waals surface area contributed by atoms with E-state index in [1.807, 2.05) is 20.8 Å². The van der Waals surface area contributed by atoms with E-state index >= 15 is 0 Å². The zero-order valence-corrected chi connectivity index (χ0v) is 13.9. The van der Waals surface area contributed by atoms with E-state index in [2.05, 4.69) is 5.32 Å². The van der Waals surface area contributed by atoms with Crippen LogP contribution in [0.5, 0.6) is 0 Å². The topological polar surface area (TPSA) is 78.4 Å². The first kappa shape index (κ1) is 19.9. The third-order valence-electron chi connectivity index (χ3n) is 2.18. The molecule has 0 aromatic carbocycles. The summed E-state index contributed by atoms with van der Waals surface area (Å²) >= 11 is 0. The highest BCUT2D eigenvalue weighted by Gasteiger charge is 2.44. The fraction of sp³-hybridized carbons (Fsp3) is 1.00. The third kappa shape index (κ3) is 9.78. The Hall–Kier alpha value is -0.0631. The monoisotopic (exact) mass is 311 g/mol. The van der Waals surface area contributed by atoms with Gasteiger partial charge in [0.15, 0.2) is 0 Å².